The molecule has 1 aromatic carbocycles. The maximum atomic E-state index is 13.4. The monoisotopic (exact) mass is 674 g/mol. The molecule has 18 heteroatoms. The van der Waals surface area contributed by atoms with Gasteiger partial charge in [0.2, 0.25) is 35.4 Å². The number of carbonyl (C=O) groups is 8. The number of nitrogens with one attached hydrogen (secondary N) is 5. The molecule has 6 amide bonds. The zero-order valence-electron chi connectivity index (χ0n) is 26.6. The Hall–Kier alpha value is -5.81. The second-order valence-electron chi connectivity index (χ2n) is 11.4. The van der Waals surface area contributed by atoms with Gasteiger partial charge in [0.05, 0.1) is 19.3 Å². The minimum Gasteiger partial charge on any atom is -0.481 e. The van der Waals surface area contributed by atoms with Gasteiger partial charge in [-0.3, -0.25) is 38.4 Å². The minimum atomic E-state index is -1.71. The highest BCUT2D eigenvalue weighted by Gasteiger charge is 2.33. The quantitative estimate of drug-likeness (QED) is 0.0925. The number of amides is 6. The number of carboxylic acids is 2. The summed E-state index contributed by atoms with van der Waals surface area (Å²) < 4.78 is 5.16. The summed E-state index contributed by atoms with van der Waals surface area (Å²) in [5.41, 5.74) is 5.52. The van der Waals surface area contributed by atoms with Crippen LogP contribution in [0.5, 0.6) is 0 Å². The first-order valence-corrected chi connectivity index (χ1v) is 14.6. The third-order valence-electron chi connectivity index (χ3n) is 6.68. The smallest absolute Gasteiger partial charge is 0.336 e. The molecule has 0 unspecified atom stereocenters. The zero-order chi connectivity index (χ0) is 36.3. The summed E-state index contributed by atoms with van der Waals surface area (Å²) in [6.07, 6.45) is -2.54. The molecule has 48 heavy (non-hydrogen) atoms. The Kier molecular flexibility index (Phi) is 13.8. The first-order chi connectivity index (χ1) is 22.4. The van der Waals surface area contributed by atoms with Gasteiger partial charge in [-0.25, -0.2) is 4.79 Å². The SMILES string of the molecule is CC(=O)N[C@@H](CC(=O)O)C(=O)N[C@@H](CC(N)=O)C(=O)N[C@@H](CC(C)C)C(=O)N[C@@H](CC(=O)O)C(=O)Nc1ccc2c(C)cc(=O)oc2c1. The molecule has 0 spiro atoms. The maximum Gasteiger partial charge on any atom is 0.336 e. The summed E-state index contributed by atoms with van der Waals surface area (Å²) in [5.74, 6) is -9.09. The molecule has 18 nitrogen and oxygen atoms in total. The lowest BCUT2D eigenvalue weighted by Gasteiger charge is -2.26. The summed E-state index contributed by atoms with van der Waals surface area (Å²) in [6, 6.07) is -0.707. The highest BCUT2D eigenvalue weighted by atomic mass is 16.4. The lowest BCUT2D eigenvalue weighted by molar-refractivity contribution is -0.141. The number of primary amides is 1. The van der Waals surface area contributed by atoms with E-state index in [0.717, 1.165) is 6.92 Å². The van der Waals surface area contributed by atoms with E-state index in [4.69, 9.17) is 15.3 Å². The zero-order valence-corrected chi connectivity index (χ0v) is 26.6. The van der Waals surface area contributed by atoms with Crippen LogP contribution in [0, 0.1) is 12.8 Å². The third kappa shape index (κ3) is 12.2. The largest absolute Gasteiger partial charge is 0.481 e. The van der Waals surface area contributed by atoms with Gasteiger partial charge in [-0.05, 0) is 37.0 Å². The molecule has 0 bridgehead atoms. The lowest BCUT2D eigenvalue weighted by Crippen LogP contribution is -2.59. The number of carbonyl (C=O) groups excluding carboxylic acids is 6. The van der Waals surface area contributed by atoms with Gasteiger partial charge in [-0.15, -0.1) is 0 Å². The summed E-state index contributed by atoms with van der Waals surface area (Å²) in [5, 5.41) is 30.5. The number of benzene rings is 1. The number of hydrogen-bond donors (Lipinski definition) is 8. The molecule has 1 aromatic heterocycles. The molecule has 0 fully saturated rings. The van der Waals surface area contributed by atoms with Gasteiger partial charge in [0, 0.05) is 30.1 Å². The molecule has 1 heterocycles. The summed E-state index contributed by atoms with van der Waals surface area (Å²) in [6.45, 7) is 6.11. The lowest BCUT2D eigenvalue weighted by atomic mass is 10.0. The molecular weight excluding hydrogens is 636 g/mol. The molecule has 0 aliphatic rings. The van der Waals surface area contributed by atoms with E-state index >= 15 is 0 Å². The van der Waals surface area contributed by atoms with Crippen LogP contribution in [0.4, 0.5) is 5.69 Å². The Morgan fingerprint density at radius 3 is 1.75 bits per heavy atom. The predicted molar refractivity (Wildman–Crippen MR) is 167 cm³/mol. The Morgan fingerprint density at radius 2 is 1.25 bits per heavy atom. The van der Waals surface area contributed by atoms with Crippen LogP contribution >= 0.6 is 0 Å². The number of carboxylic acid groups (broad SMARTS) is 2. The molecular formula is C30H38N6O12. The van der Waals surface area contributed by atoms with Crippen molar-refractivity contribution >= 4 is 64.0 Å². The van der Waals surface area contributed by atoms with Crippen molar-refractivity contribution in [2.45, 2.75) is 77.5 Å². The van der Waals surface area contributed by atoms with Gasteiger partial charge in [0.25, 0.3) is 0 Å². The Bertz CT molecular complexity index is 1640. The van der Waals surface area contributed by atoms with Gasteiger partial charge < -0.3 is 46.9 Å². The van der Waals surface area contributed by atoms with E-state index in [0.29, 0.717) is 10.9 Å². The number of aryl methyl sites for hydroxylation is 1. The van der Waals surface area contributed by atoms with Crippen molar-refractivity contribution < 1.29 is 53.0 Å². The number of hydrogen-bond acceptors (Lipinski definition) is 10. The van der Waals surface area contributed by atoms with Crippen molar-refractivity contribution in [1.29, 1.82) is 0 Å². The summed E-state index contributed by atoms with van der Waals surface area (Å²) in [4.78, 5) is 110. The molecule has 0 saturated carbocycles. The molecule has 2 aromatic rings. The van der Waals surface area contributed by atoms with Crippen molar-refractivity contribution in [3.8, 4) is 0 Å². The van der Waals surface area contributed by atoms with E-state index in [9.17, 15) is 48.3 Å². The maximum absolute atomic E-state index is 13.4. The minimum absolute atomic E-state index is 0.0488. The molecule has 0 aliphatic carbocycles. The van der Waals surface area contributed by atoms with Crippen LogP contribution in [0.25, 0.3) is 11.0 Å². The Morgan fingerprint density at radius 1 is 0.750 bits per heavy atom. The van der Waals surface area contributed by atoms with Gasteiger partial charge in [0.1, 0.15) is 29.8 Å². The molecule has 0 aliphatic heterocycles. The second kappa shape index (κ2) is 17.2. The van der Waals surface area contributed by atoms with Crippen molar-refractivity contribution in [2.24, 2.45) is 11.7 Å². The van der Waals surface area contributed by atoms with Crippen LogP contribution in [0.1, 0.15) is 52.0 Å². The van der Waals surface area contributed by atoms with Gasteiger partial charge in [-0.1, -0.05) is 13.8 Å². The molecule has 2 rings (SSSR count). The predicted octanol–water partition coefficient (Wildman–Crippen LogP) is -1.13. The van der Waals surface area contributed by atoms with Crippen LogP contribution in [-0.2, 0) is 38.4 Å². The fraction of sp³-hybridized carbons (Fsp3) is 0.433. The highest BCUT2D eigenvalue weighted by Crippen LogP contribution is 2.21. The number of rotatable bonds is 17. The van der Waals surface area contributed by atoms with E-state index in [1.807, 2.05) is 0 Å². The second-order valence-corrected chi connectivity index (χ2v) is 11.4. The number of aliphatic carboxylic acids is 2. The van der Waals surface area contributed by atoms with E-state index < -0.39 is 96.4 Å². The Labute approximate surface area is 273 Å². The van der Waals surface area contributed by atoms with Gasteiger partial charge in [-0.2, -0.15) is 0 Å². The van der Waals surface area contributed by atoms with Crippen LogP contribution < -0.4 is 37.9 Å². The van der Waals surface area contributed by atoms with E-state index in [1.165, 1.54) is 18.2 Å². The van der Waals surface area contributed by atoms with Crippen molar-refractivity contribution in [2.75, 3.05) is 5.32 Å². The summed E-state index contributed by atoms with van der Waals surface area (Å²) >= 11 is 0. The van der Waals surface area contributed by atoms with E-state index in [1.54, 1.807) is 26.8 Å². The van der Waals surface area contributed by atoms with E-state index in [-0.39, 0.29) is 23.6 Å². The molecule has 9 N–H and O–H groups in total. The average Bonchev–Trinajstić information content (AvgIpc) is 2.94. The molecule has 0 saturated heterocycles. The topological polar surface area (TPSA) is 293 Å². The van der Waals surface area contributed by atoms with E-state index in [2.05, 4.69) is 26.6 Å². The van der Waals surface area contributed by atoms with Crippen LogP contribution in [-0.4, -0.2) is 81.8 Å². The molecule has 4 atom stereocenters. The van der Waals surface area contributed by atoms with Crippen LogP contribution in [0.3, 0.4) is 0 Å². The van der Waals surface area contributed by atoms with Crippen molar-refractivity contribution in [3.05, 3.63) is 40.2 Å². The molecule has 260 valence electrons. The van der Waals surface area contributed by atoms with Crippen molar-refractivity contribution in [1.82, 2.24) is 21.3 Å². The number of anilines is 1. The number of nitrogens with two attached hydrogens (primary N) is 1. The number of fused-ring (bicyclic) bond motifs is 1. The average molecular weight is 675 g/mol. The fourth-order valence-electron chi connectivity index (χ4n) is 4.58. The van der Waals surface area contributed by atoms with Crippen LogP contribution in [0.2, 0.25) is 0 Å². The van der Waals surface area contributed by atoms with Crippen molar-refractivity contribution in [3.63, 3.8) is 0 Å². The fourth-order valence-corrected chi connectivity index (χ4v) is 4.58. The molecule has 0 radical (unpaired) electrons. The van der Waals surface area contributed by atoms with Gasteiger partial charge in [0.15, 0.2) is 0 Å². The standard InChI is InChI=1S/C30H38N6O12/c1-13(2)7-18(34-29(46)19(10-23(31)38)35-30(47)20(11-24(39)40)32-15(4)37)28(45)36-21(12-25(41)42)27(44)33-16-5-6-17-14(3)8-26(43)48-22(17)9-16/h5-6,8-9,13,18-21H,7,10-12H2,1-4H3,(H2,31,38)(H,32,37)(H,33,44)(H,34,46)(H,35,47)(H,36,45)(H,39,40)(H,41,42)/t18-,19-,20-,21-/m0/s1. The first kappa shape index (κ1) is 38.4. The van der Waals surface area contributed by atoms with Crippen LogP contribution in [0.15, 0.2) is 33.5 Å². The third-order valence-corrected chi connectivity index (χ3v) is 6.68. The highest BCUT2D eigenvalue weighted by molar-refractivity contribution is 6.02. The summed E-state index contributed by atoms with van der Waals surface area (Å²) in [7, 11) is 0. The van der Waals surface area contributed by atoms with Gasteiger partial charge >= 0.3 is 17.6 Å². The normalized spacial score (nSPS) is 13.4. The Balaban J connectivity index is 2.29. The first-order valence-electron chi connectivity index (χ1n) is 14.6.